The Bertz CT molecular complexity index is 593. The van der Waals surface area contributed by atoms with Gasteiger partial charge in [0.25, 0.3) is 5.89 Å². The monoisotopic (exact) mass is 287 g/mol. The molecule has 1 aliphatic rings. The minimum atomic E-state index is 0.0186. The van der Waals surface area contributed by atoms with Gasteiger partial charge in [-0.1, -0.05) is 38.1 Å². The molecule has 0 spiro atoms. The smallest absolute Gasteiger partial charge is 0.257 e. The standard InChI is InChI=1S/C16H21N3O2/c1-16(2,3)12-6-4-11(5-7-12)15-18-14(19-21-15)13-10-20-9-8-17-13/h4-7,13,17H,8-10H2,1-3H3. The van der Waals surface area contributed by atoms with Crippen LogP contribution in [-0.2, 0) is 10.2 Å². The number of hydrogen-bond acceptors (Lipinski definition) is 5. The van der Waals surface area contributed by atoms with E-state index in [0.29, 0.717) is 18.3 Å². The summed E-state index contributed by atoms with van der Waals surface area (Å²) in [4.78, 5) is 4.48. The van der Waals surface area contributed by atoms with Gasteiger partial charge in [0.1, 0.15) is 0 Å². The van der Waals surface area contributed by atoms with Crippen molar-refractivity contribution in [3.8, 4) is 11.5 Å². The van der Waals surface area contributed by atoms with Crippen LogP contribution in [0.15, 0.2) is 28.8 Å². The molecule has 0 saturated carbocycles. The summed E-state index contributed by atoms with van der Waals surface area (Å²) < 4.78 is 10.8. The Morgan fingerprint density at radius 1 is 1.19 bits per heavy atom. The van der Waals surface area contributed by atoms with E-state index in [2.05, 4.69) is 48.4 Å². The molecule has 0 aliphatic carbocycles. The van der Waals surface area contributed by atoms with Crippen molar-refractivity contribution in [3.63, 3.8) is 0 Å². The summed E-state index contributed by atoms with van der Waals surface area (Å²) in [7, 11) is 0. The second-order valence-corrected chi connectivity index (χ2v) is 6.37. The maximum atomic E-state index is 5.42. The lowest BCUT2D eigenvalue weighted by atomic mass is 9.87. The predicted molar refractivity (Wildman–Crippen MR) is 80.0 cm³/mol. The number of nitrogens with zero attached hydrogens (tertiary/aromatic N) is 2. The molecule has 21 heavy (non-hydrogen) atoms. The predicted octanol–water partition coefficient (Wildman–Crippen LogP) is 2.70. The number of rotatable bonds is 2. The topological polar surface area (TPSA) is 60.2 Å². The van der Waals surface area contributed by atoms with Gasteiger partial charge in [-0.3, -0.25) is 0 Å². The van der Waals surface area contributed by atoms with E-state index in [0.717, 1.165) is 18.7 Å². The summed E-state index contributed by atoms with van der Waals surface area (Å²) in [6.45, 7) is 8.72. The van der Waals surface area contributed by atoms with Gasteiger partial charge in [0.05, 0.1) is 19.3 Å². The summed E-state index contributed by atoms with van der Waals surface area (Å²) in [5.74, 6) is 1.21. The molecule has 2 aromatic rings. The molecule has 1 fully saturated rings. The summed E-state index contributed by atoms with van der Waals surface area (Å²) in [5.41, 5.74) is 2.37. The molecule has 1 unspecified atom stereocenters. The van der Waals surface area contributed by atoms with E-state index in [-0.39, 0.29) is 11.5 Å². The Hall–Kier alpha value is -1.72. The molecule has 5 nitrogen and oxygen atoms in total. The number of hydrogen-bond donors (Lipinski definition) is 1. The number of benzene rings is 1. The van der Waals surface area contributed by atoms with Crippen molar-refractivity contribution in [2.45, 2.75) is 32.2 Å². The first-order chi connectivity index (χ1) is 10.0. The van der Waals surface area contributed by atoms with Crippen LogP contribution in [0.4, 0.5) is 0 Å². The summed E-state index contributed by atoms with van der Waals surface area (Å²) >= 11 is 0. The number of ether oxygens (including phenoxy) is 1. The second kappa shape index (κ2) is 5.58. The van der Waals surface area contributed by atoms with Gasteiger partial charge in [-0.2, -0.15) is 4.98 Å². The molecule has 1 atom stereocenters. The van der Waals surface area contributed by atoms with Gasteiger partial charge in [-0.05, 0) is 23.1 Å². The van der Waals surface area contributed by atoms with Gasteiger partial charge in [-0.25, -0.2) is 0 Å². The third-order valence-corrected chi connectivity index (χ3v) is 3.67. The van der Waals surface area contributed by atoms with Crippen LogP contribution >= 0.6 is 0 Å². The van der Waals surface area contributed by atoms with E-state index in [1.165, 1.54) is 5.56 Å². The van der Waals surface area contributed by atoms with E-state index in [1.807, 2.05) is 12.1 Å². The van der Waals surface area contributed by atoms with Crippen molar-refractivity contribution in [2.24, 2.45) is 0 Å². The van der Waals surface area contributed by atoms with Crippen LogP contribution in [0.2, 0.25) is 0 Å². The van der Waals surface area contributed by atoms with Crippen molar-refractivity contribution in [1.29, 1.82) is 0 Å². The number of aromatic nitrogens is 2. The maximum Gasteiger partial charge on any atom is 0.257 e. The Kier molecular flexibility index (Phi) is 3.78. The van der Waals surface area contributed by atoms with E-state index < -0.39 is 0 Å². The number of morpholine rings is 1. The Morgan fingerprint density at radius 3 is 2.57 bits per heavy atom. The fraction of sp³-hybridized carbons (Fsp3) is 0.500. The second-order valence-electron chi connectivity index (χ2n) is 6.37. The van der Waals surface area contributed by atoms with E-state index >= 15 is 0 Å². The molecular weight excluding hydrogens is 266 g/mol. The fourth-order valence-corrected chi connectivity index (χ4v) is 2.34. The third-order valence-electron chi connectivity index (χ3n) is 3.67. The highest BCUT2D eigenvalue weighted by molar-refractivity contribution is 5.53. The van der Waals surface area contributed by atoms with Gasteiger partial charge in [0, 0.05) is 12.1 Å². The largest absolute Gasteiger partial charge is 0.378 e. The van der Waals surface area contributed by atoms with E-state index in [4.69, 9.17) is 9.26 Å². The maximum absolute atomic E-state index is 5.42. The van der Waals surface area contributed by atoms with Crippen molar-refractivity contribution in [1.82, 2.24) is 15.5 Å². The highest BCUT2D eigenvalue weighted by Gasteiger charge is 2.21. The van der Waals surface area contributed by atoms with Gasteiger partial charge in [0.2, 0.25) is 0 Å². The van der Waals surface area contributed by atoms with Crippen molar-refractivity contribution >= 4 is 0 Å². The third kappa shape index (κ3) is 3.14. The van der Waals surface area contributed by atoms with Crippen LogP contribution in [0.3, 0.4) is 0 Å². The first-order valence-electron chi connectivity index (χ1n) is 7.30. The summed E-state index contributed by atoms with van der Waals surface area (Å²) in [6, 6.07) is 8.30. The fourth-order valence-electron chi connectivity index (χ4n) is 2.34. The Morgan fingerprint density at radius 2 is 1.95 bits per heavy atom. The van der Waals surface area contributed by atoms with Crippen molar-refractivity contribution < 1.29 is 9.26 Å². The zero-order chi connectivity index (χ0) is 14.9. The molecular formula is C16H21N3O2. The molecule has 112 valence electrons. The molecule has 2 heterocycles. The Balaban J connectivity index is 1.79. The Labute approximate surface area is 124 Å². The van der Waals surface area contributed by atoms with Gasteiger partial charge in [0.15, 0.2) is 5.82 Å². The minimum absolute atomic E-state index is 0.0186. The molecule has 3 rings (SSSR count). The van der Waals surface area contributed by atoms with Gasteiger partial charge < -0.3 is 14.6 Å². The molecule has 1 aliphatic heterocycles. The zero-order valence-electron chi connectivity index (χ0n) is 12.7. The average Bonchev–Trinajstić information content (AvgIpc) is 2.97. The van der Waals surface area contributed by atoms with Crippen molar-refractivity contribution in [3.05, 3.63) is 35.7 Å². The molecule has 1 saturated heterocycles. The molecule has 1 N–H and O–H groups in total. The highest BCUT2D eigenvalue weighted by Crippen LogP contribution is 2.26. The molecule has 1 aromatic heterocycles. The lowest BCUT2D eigenvalue weighted by Crippen LogP contribution is -2.35. The molecule has 0 bridgehead atoms. The summed E-state index contributed by atoms with van der Waals surface area (Å²) in [6.07, 6.45) is 0. The van der Waals surface area contributed by atoms with Crippen LogP contribution in [0, 0.1) is 0 Å². The molecule has 1 aromatic carbocycles. The average molecular weight is 287 g/mol. The first kappa shape index (κ1) is 14.2. The zero-order valence-corrected chi connectivity index (χ0v) is 12.7. The van der Waals surface area contributed by atoms with Gasteiger partial charge >= 0.3 is 0 Å². The van der Waals surface area contributed by atoms with Crippen LogP contribution < -0.4 is 5.32 Å². The highest BCUT2D eigenvalue weighted by atomic mass is 16.5. The lowest BCUT2D eigenvalue weighted by molar-refractivity contribution is 0.0734. The van der Waals surface area contributed by atoms with E-state index in [1.54, 1.807) is 0 Å². The molecule has 0 radical (unpaired) electrons. The van der Waals surface area contributed by atoms with Crippen LogP contribution in [0.25, 0.3) is 11.5 Å². The SMILES string of the molecule is CC(C)(C)c1ccc(-c2nc(C3COCCN3)no2)cc1. The van der Waals surface area contributed by atoms with Gasteiger partial charge in [-0.15, -0.1) is 0 Å². The quantitative estimate of drug-likeness (QED) is 0.920. The van der Waals surface area contributed by atoms with Crippen LogP contribution in [0.5, 0.6) is 0 Å². The van der Waals surface area contributed by atoms with Crippen LogP contribution in [0.1, 0.15) is 38.2 Å². The first-order valence-corrected chi connectivity index (χ1v) is 7.30. The summed E-state index contributed by atoms with van der Waals surface area (Å²) in [5, 5.41) is 7.38. The van der Waals surface area contributed by atoms with Crippen LogP contribution in [-0.4, -0.2) is 29.9 Å². The van der Waals surface area contributed by atoms with Crippen molar-refractivity contribution in [2.75, 3.05) is 19.8 Å². The molecule has 5 heteroatoms. The normalized spacial score (nSPS) is 19.7. The minimum Gasteiger partial charge on any atom is -0.378 e. The molecule has 0 amide bonds. The lowest BCUT2D eigenvalue weighted by Gasteiger charge is -2.20. The number of nitrogens with one attached hydrogen (secondary N) is 1. The van der Waals surface area contributed by atoms with E-state index in [9.17, 15) is 0 Å².